The largest absolute Gasteiger partial charge is 0.389 e. The monoisotopic (exact) mass is 202 g/mol. The lowest BCUT2D eigenvalue weighted by Crippen LogP contribution is -2.34. The highest BCUT2D eigenvalue weighted by Gasteiger charge is 2.16. The van der Waals surface area contributed by atoms with E-state index in [-0.39, 0.29) is 0 Å². The lowest BCUT2D eigenvalue weighted by atomic mass is 10.3. The van der Waals surface area contributed by atoms with Gasteiger partial charge in [0.1, 0.15) is 0 Å². The SMILES string of the molecule is NCCNCC(O)COC1CCCC1. The molecule has 0 aromatic heterocycles. The van der Waals surface area contributed by atoms with Crippen molar-refractivity contribution in [3.05, 3.63) is 0 Å². The van der Waals surface area contributed by atoms with E-state index < -0.39 is 6.10 Å². The van der Waals surface area contributed by atoms with Gasteiger partial charge >= 0.3 is 0 Å². The normalized spacial score (nSPS) is 20.1. The summed E-state index contributed by atoms with van der Waals surface area (Å²) >= 11 is 0. The summed E-state index contributed by atoms with van der Waals surface area (Å²) in [6.45, 7) is 2.38. The zero-order valence-electron chi connectivity index (χ0n) is 8.74. The quantitative estimate of drug-likeness (QED) is 0.502. The van der Waals surface area contributed by atoms with Gasteiger partial charge < -0.3 is 20.9 Å². The molecule has 0 aromatic carbocycles. The van der Waals surface area contributed by atoms with Gasteiger partial charge in [-0.3, -0.25) is 0 Å². The predicted octanol–water partition coefficient (Wildman–Crippen LogP) is -0.145. The maximum atomic E-state index is 9.51. The topological polar surface area (TPSA) is 67.5 Å². The van der Waals surface area contributed by atoms with E-state index in [9.17, 15) is 5.11 Å². The highest BCUT2D eigenvalue weighted by atomic mass is 16.5. The van der Waals surface area contributed by atoms with Crippen molar-refractivity contribution < 1.29 is 9.84 Å². The molecule has 4 nitrogen and oxygen atoms in total. The molecule has 84 valence electrons. The summed E-state index contributed by atoms with van der Waals surface area (Å²) in [5.41, 5.74) is 5.31. The maximum absolute atomic E-state index is 9.51. The zero-order valence-corrected chi connectivity index (χ0v) is 8.74. The summed E-state index contributed by atoms with van der Waals surface area (Å²) in [6.07, 6.45) is 4.84. The van der Waals surface area contributed by atoms with Crippen LogP contribution in [0.5, 0.6) is 0 Å². The van der Waals surface area contributed by atoms with Crippen LogP contribution in [0.3, 0.4) is 0 Å². The molecule has 1 aliphatic carbocycles. The van der Waals surface area contributed by atoms with Gasteiger partial charge in [-0.05, 0) is 12.8 Å². The molecule has 4 heteroatoms. The zero-order chi connectivity index (χ0) is 10.2. The van der Waals surface area contributed by atoms with Crippen LogP contribution in [0.15, 0.2) is 0 Å². The molecule has 1 atom stereocenters. The molecule has 1 rings (SSSR count). The number of nitrogens with one attached hydrogen (secondary N) is 1. The first-order valence-corrected chi connectivity index (χ1v) is 5.53. The number of ether oxygens (including phenoxy) is 1. The van der Waals surface area contributed by atoms with Crippen LogP contribution in [0, 0.1) is 0 Å². The molecular formula is C10H22N2O2. The molecule has 0 amide bonds. The van der Waals surface area contributed by atoms with Crippen molar-refractivity contribution in [1.29, 1.82) is 0 Å². The van der Waals surface area contributed by atoms with Crippen LogP contribution >= 0.6 is 0 Å². The summed E-state index contributed by atoms with van der Waals surface area (Å²) < 4.78 is 5.57. The van der Waals surface area contributed by atoms with Crippen molar-refractivity contribution in [2.45, 2.75) is 37.9 Å². The minimum Gasteiger partial charge on any atom is -0.389 e. The first-order valence-electron chi connectivity index (χ1n) is 5.53. The average molecular weight is 202 g/mol. The van der Waals surface area contributed by atoms with Crippen molar-refractivity contribution in [2.75, 3.05) is 26.2 Å². The highest BCUT2D eigenvalue weighted by Crippen LogP contribution is 2.20. The van der Waals surface area contributed by atoms with Crippen LogP contribution in [0.2, 0.25) is 0 Å². The van der Waals surface area contributed by atoms with E-state index in [1.165, 1.54) is 12.8 Å². The maximum Gasteiger partial charge on any atom is 0.0897 e. The highest BCUT2D eigenvalue weighted by molar-refractivity contribution is 4.68. The fourth-order valence-corrected chi connectivity index (χ4v) is 1.73. The Balaban J connectivity index is 1.93. The Morgan fingerprint density at radius 1 is 1.43 bits per heavy atom. The molecule has 14 heavy (non-hydrogen) atoms. The minimum absolute atomic E-state index is 0.388. The van der Waals surface area contributed by atoms with Gasteiger partial charge in [0.15, 0.2) is 0 Å². The van der Waals surface area contributed by atoms with Crippen LogP contribution in [0.1, 0.15) is 25.7 Å². The van der Waals surface area contributed by atoms with E-state index in [0.29, 0.717) is 25.8 Å². The van der Waals surface area contributed by atoms with Gasteiger partial charge in [-0.1, -0.05) is 12.8 Å². The van der Waals surface area contributed by atoms with Gasteiger partial charge in [-0.25, -0.2) is 0 Å². The van der Waals surface area contributed by atoms with E-state index in [1.807, 2.05) is 0 Å². The summed E-state index contributed by atoms with van der Waals surface area (Å²) in [5.74, 6) is 0. The van der Waals surface area contributed by atoms with Gasteiger partial charge in [0.05, 0.1) is 18.8 Å². The van der Waals surface area contributed by atoms with Crippen molar-refractivity contribution >= 4 is 0 Å². The van der Waals surface area contributed by atoms with Crippen LogP contribution in [-0.4, -0.2) is 43.6 Å². The average Bonchev–Trinajstić information content (AvgIpc) is 2.68. The molecule has 0 bridgehead atoms. The molecule has 0 heterocycles. The van der Waals surface area contributed by atoms with Gasteiger partial charge in [0, 0.05) is 19.6 Å². The Hall–Kier alpha value is -0.160. The molecule has 1 fully saturated rings. The molecule has 1 aliphatic rings. The van der Waals surface area contributed by atoms with E-state index >= 15 is 0 Å². The first kappa shape index (κ1) is 11.9. The molecule has 0 aliphatic heterocycles. The van der Waals surface area contributed by atoms with Crippen molar-refractivity contribution in [1.82, 2.24) is 5.32 Å². The van der Waals surface area contributed by atoms with Crippen LogP contribution in [0.4, 0.5) is 0 Å². The lowest BCUT2D eigenvalue weighted by Gasteiger charge is -2.15. The van der Waals surface area contributed by atoms with E-state index in [0.717, 1.165) is 19.4 Å². The van der Waals surface area contributed by atoms with E-state index in [4.69, 9.17) is 10.5 Å². The van der Waals surface area contributed by atoms with Crippen molar-refractivity contribution in [3.63, 3.8) is 0 Å². The molecule has 1 saturated carbocycles. The Morgan fingerprint density at radius 2 is 2.14 bits per heavy atom. The predicted molar refractivity (Wildman–Crippen MR) is 56.1 cm³/mol. The summed E-state index contributed by atoms with van der Waals surface area (Å²) in [5, 5.41) is 12.6. The number of nitrogens with two attached hydrogens (primary N) is 1. The molecule has 0 aromatic rings. The number of hydrogen-bond donors (Lipinski definition) is 3. The first-order chi connectivity index (χ1) is 6.83. The number of aliphatic hydroxyl groups excluding tert-OH is 1. The van der Waals surface area contributed by atoms with E-state index in [1.54, 1.807) is 0 Å². The van der Waals surface area contributed by atoms with Gasteiger partial charge in [-0.15, -0.1) is 0 Å². The standard InChI is InChI=1S/C10H22N2O2/c11-5-6-12-7-9(13)8-14-10-3-1-2-4-10/h9-10,12-13H,1-8,11H2. The number of rotatable bonds is 7. The Morgan fingerprint density at radius 3 is 2.79 bits per heavy atom. The van der Waals surface area contributed by atoms with Gasteiger partial charge in [-0.2, -0.15) is 0 Å². The third-order valence-corrected chi connectivity index (χ3v) is 2.53. The van der Waals surface area contributed by atoms with Crippen molar-refractivity contribution in [2.24, 2.45) is 5.73 Å². The smallest absolute Gasteiger partial charge is 0.0897 e. The minimum atomic E-state index is -0.401. The molecule has 4 N–H and O–H groups in total. The van der Waals surface area contributed by atoms with Gasteiger partial charge in [0.2, 0.25) is 0 Å². The number of hydrogen-bond acceptors (Lipinski definition) is 4. The van der Waals surface area contributed by atoms with Gasteiger partial charge in [0.25, 0.3) is 0 Å². The molecule has 0 radical (unpaired) electrons. The Kier molecular flexibility index (Phi) is 6.10. The molecule has 0 saturated heterocycles. The molecule has 0 spiro atoms. The Labute approximate surface area is 85.8 Å². The van der Waals surface area contributed by atoms with E-state index in [2.05, 4.69) is 5.32 Å². The summed E-state index contributed by atoms with van der Waals surface area (Å²) in [6, 6.07) is 0. The second kappa shape index (κ2) is 7.17. The second-order valence-electron chi connectivity index (χ2n) is 3.89. The third kappa shape index (κ3) is 4.91. The molecule has 1 unspecified atom stereocenters. The fourth-order valence-electron chi connectivity index (χ4n) is 1.73. The summed E-state index contributed by atoms with van der Waals surface area (Å²) in [4.78, 5) is 0. The lowest BCUT2D eigenvalue weighted by molar-refractivity contribution is -0.00526. The van der Waals surface area contributed by atoms with Crippen LogP contribution < -0.4 is 11.1 Å². The Bertz CT molecular complexity index is 138. The van der Waals surface area contributed by atoms with Crippen LogP contribution in [0.25, 0.3) is 0 Å². The fraction of sp³-hybridized carbons (Fsp3) is 1.00. The summed E-state index contributed by atoms with van der Waals surface area (Å²) in [7, 11) is 0. The molecular weight excluding hydrogens is 180 g/mol. The number of aliphatic hydroxyl groups is 1. The third-order valence-electron chi connectivity index (χ3n) is 2.53. The second-order valence-corrected chi connectivity index (χ2v) is 3.89. The van der Waals surface area contributed by atoms with Crippen molar-refractivity contribution in [3.8, 4) is 0 Å². The van der Waals surface area contributed by atoms with Crippen LogP contribution in [-0.2, 0) is 4.74 Å².